The monoisotopic (exact) mass is 436 g/mol. The summed E-state index contributed by atoms with van der Waals surface area (Å²) in [5, 5.41) is 32.0. The minimum atomic E-state index is -0.849. The van der Waals surface area contributed by atoms with Crippen LogP contribution in [-0.2, 0) is 0 Å². The van der Waals surface area contributed by atoms with Gasteiger partial charge in [-0.05, 0) is 78.4 Å². The third-order valence-corrected chi connectivity index (χ3v) is 5.18. The summed E-state index contributed by atoms with van der Waals surface area (Å²) in [5.74, 6) is 0.283. The standard InChI is InChI=1S/C20H26BrFN4O/c1-12(24)18(20(21)26-10-14-3-4-14)11-25-19(7-8-23)16-6-5-15(22)9-17(16)13(2)27/h5-9,13-14,23-27H,3-4,10-11H2,1-2H3/b19-7-,20-18-,23-8?,24-12?/t13-/m1/s1. The lowest BCUT2D eigenvalue weighted by Gasteiger charge is -2.19. The molecule has 1 saturated carbocycles. The molecule has 0 amide bonds. The Balaban J connectivity index is 2.22. The van der Waals surface area contributed by atoms with Gasteiger partial charge in [0.25, 0.3) is 0 Å². The fourth-order valence-electron chi connectivity index (χ4n) is 2.67. The van der Waals surface area contributed by atoms with E-state index in [9.17, 15) is 9.50 Å². The van der Waals surface area contributed by atoms with Gasteiger partial charge < -0.3 is 26.6 Å². The average Bonchev–Trinajstić information content (AvgIpc) is 3.43. The summed E-state index contributed by atoms with van der Waals surface area (Å²) in [6.07, 6.45) is 4.32. The molecule has 1 fully saturated rings. The maximum Gasteiger partial charge on any atom is 0.123 e. The maximum atomic E-state index is 13.6. The summed E-state index contributed by atoms with van der Waals surface area (Å²) in [4.78, 5) is 0. The zero-order chi connectivity index (χ0) is 20.0. The Hall–Kier alpha value is -1.99. The van der Waals surface area contributed by atoms with Gasteiger partial charge in [0.05, 0.1) is 10.7 Å². The first-order chi connectivity index (χ1) is 12.8. The predicted octanol–water partition coefficient (Wildman–Crippen LogP) is 4.10. The molecule has 0 aliphatic heterocycles. The first kappa shape index (κ1) is 21.3. The van der Waals surface area contributed by atoms with Crippen LogP contribution in [0.25, 0.3) is 5.70 Å². The number of halogens is 2. The molecule has 5 N–H and O–H groups in total. The zero-order valence-electron chi connectivity index (χ0n) is 15.6. The molecule has 146 valence electrons. The van der Waals surface area contributed by atoms with Gasteiger partial charge >= 0.3 is 0 Å². The molecule has 7 heteroatoms. The van der Waals surface area contributed by atoms with Crippen LogP contribution in [0.3, 0.4) is 0 Å². The minimum absolute atomic E-state index is 0.351. The summed E-state index contributed by atoms with van der Waals surface area (Å²) < 4.78 is 14.4. The summed E-state index contributed by atoms with van der Waals surface area (Å²) in [6, 6.07) is 4.21. The molecule has 2 rings (SSSR count). The van der Waals surface area contributed by atoms with E-state index in [1.54, 1.807) is 26.0 Å². The van der Waals surface area contributed by atoms with Crippen LogP contribution in [0.1, 0.15) is 43.9 Å². The Morgan fingerprint density at radius 1 is 1.41 bits per heavy atom. The molecule has 0 saturated heterocycles. The van der Waals surface area contributed by atoms with Gasteiger partial charge in [0.1, 0.15) is 5.82 Å². The molecule has 1 aliphatic carbocycles. The Morgan fingerprint density at radius 2 is 2.11 bits per heavy atom. The van der Waals surface area contributed by atoms with E-state index in [1.165, 1.54) is 25.0 Å². The third-order valence-electron chi connectivity index (χ3n) is 4.42. The normalized spacial score (nSPS) is 16.4. The Kier molecular flexibility index (Phi) is 7.74. The smallest absolute Gasteiger partial charge is 0.123 e. The van der Waals surface area contributed by atoms with Crippen molar-refractivity contribution < 1.29 is 9.50 Å². The van der Waals surface area contributed by atoms with E-state index in [-0.39, 0.29) is 0 Å². The van der Waals surface area contributed by atoms with Crippen LogP contribution in [0.15, 0.2) is 34.5 Å². The minimum Gasteiger partial charge on any atom is -0.389 e. The van der Waals surface area contributed by atoms with Gasteiger partial charge in [0.2, 0.25) is 0 Å². The second-order valence-electron chi connectivity index (χ2n) is 6.75. The molecule has 0 bridgehead atoms. The van der Waals surface area contributed by atoms with Crippen LogP contribution in [0.4, 0.5) is 4.39 Å². The molecule has 0 heterocycles. The van der Waals surface area contributed by atoms with Crippen molar-refractivity contribution in [2.75, 3.05) is 13.1 Å². The SMILES string of the molecule is CC(=N)/C(CN/C(=C\C=N)c1ccc(F)cc1[C@@H](C)O)=C(/Br)NCC1CC1. The van der Waals surface area contributed by atoms with Crippen LogP contribution in [0.5, 0.6) is 0 Å². The quantitative estimate of drug-likeness (QED) is 0.282. The lowest BCUT2D eigenvalue weighted by molar-refractivity contribution is 0.198. The molecule has 1 atom stereocenters. The highest BCUT2D eigenvalue weighted by Gasteiger charge is 2.21. The second kappa shape index (κ2) is 9.80. The van der Waals surface area contributed by atoms with Gasteiger partial charge in [-0.2, -0.15) is 0 Å². The number of hydrogen-bond acceptors (Lipinski definition) is 5. The molecule has 1 aromatic rings. The number of hydrogen-bond donors (Lipinski definition) is 5. The number of aliphatic hydroxyl groups is 1. The van der Waals surface area contributed by atoms with Gasteiger partial charge in [-0.15, -0.1) is 0 Å². The third kappa shape index (κ3) is 6.29. The molecular formula is C20H26BrFN4O. The van der Waals surface area contributed by atoms with E-state index in [0.29, 0.717) is 35.0 Å². The zero-order valence-corrected chi connectivity index (χ0v) is 17.2. The van der Waals surface area contributed by atoms with Crippen molar-refractivity contribution in [3.05, 3.63) is 51.4 Å². The van der Waals surface area contributed by atoms with Gasteiger partial charge in [-0.3, -0.25) is 0 Å². The van der Waals surface area contributed by atoms with Crippen molar-refractivity contribution in [1.29, 1.82) is 10.8 Å². The topological polar surface area (TPSA) is 92.0 Å². The highest BCUT2D eigenvalue weighted by Crippen LogP contribution is 2.28. The van der Waals surface area contributed by atoms with Crippen LogP contribution in [0, 0.1) is 22.6 Å². The number of nitrogens with one attached hydrogen (secondary N) is 4. The number of aliphatic hydroxyl groups excluding tert-OH is 1. The fourth-order valence-corrected chi connectivity index (χ4v) is 3.27. The molecule has 1 aliphatic rings. The van der Waals surface area contributed by atoms with Crippen molar-refractivity contribution in [2.24, 2.45) is 5.92 Å². The first-order valence-electron chi connectivity index (χ1n) is 8.94. The van der Waals surface area contributed by atoms with Gasteiger partial charge in [0, 0.05) is 41.8 Å². The summed E-state index contributed by atoms with van der Waals surface area (Å²) in [7, 11) is 0. The van der Waals surface area contributed by atoms with E-state index in [1.807, 2.05) is 0 Å². The van der Waals surface area contributed by atoms with Crippen LogP contribution in [0.2, 0.25) is 0 Å². The Bertz CT molecular complexity index is 769. The second-order valence-corrected chi connectivity index (χ2v) is 7.54. The largest absolute Gasteiger partial charge is 0.389 e. The lowest BCUT2D eigenvalue weighted by atomic mass is 9.99. The summed E-state index contributed by atoms with van der Waals surface area (Å²) >= 11 is 3.53. The van der Waals surface area contributed by atoms with E-state index in [4.69, 9.17) is 10.8 Å². The van der Waals surface area contributed by atoms with Crippen molar-refractivity contribution in [1.82, 2.24) is 10.6 Å². The summed E-state index contributed by atoms with van der Waals surface area (Å²) in [5.41, 5.74) is 2.84. The highest BCUT2D eigenvalue weighted by molar-refractivity contribution is 9.11. The van der Waals surface area contributed by atoms with E-state index < -0.39 is 11.9 Å². The van der Waals surface area contributed by atoms with E-state index in [0.717, 1.165) is 22.9 Å². The fraction of sp³-hybridized carbons (Fsp3) is 0.400. The molecular weight excluding hydrogens is 411 g/mol. The molecule has 0 aromatic heterocycles. The molecule has 0 unspecified atom stereocenters. The van der Waals surface area contributed by atoms with Gasteiger partial charge in [-0.1, -0.05) is 0 Å². The van der Waals surface area contributed by atoms with Crippen LogP contribution in [-0.4, -0.2) is 30.1 Å². The van der Waals surface area contributed by atoms with E-state index in [2.05, 4.69) is 26.6 Å². The lowest BCUT2D eigenvalue weighted by Crippen LogP contribution is -2.24. The predicted molar refractivity (Wildman–Crippen MR) is 112 cm³/mol. The maximum absolute atomic E-state index is 13.6. The number of rotatable bonds is 10. The van der Waals surface area contributed by atoms with Crippen LogP contribution >= 0.6 is 15.9 Å². The van der Waals surface area contributed by atoms with Gasteiger partial charge in [0.15, 0.2) is 0 Å². The van der Waals surface area contributed by atoms with Gasteiger partial charge in [-0.25, -0.2) is 4.39 Å². The van der Waals surface area contributed by atoms with Crippen molar-refractivity contribution in [3.63, 3.8) is 0 Å². The molecule has 27 heavy (non-hydrogen) atoms. The Labute approximate surface area is 167 Å². The highest BCUT2D eigenvalue weighted by atomic mass is 79.9. The van der Waals surface area contributed by atoms with Crippen LogP contribution < -0.4 is 10.6 Å². The first-order valence-corrected chi connectivity index (χ1v) is 9.73. The average molecular weight is 437 g/mol. The number of allylic oxidation sites excluding steroid dienone is 1. The number of benzene rings is 1. The molecule has 0 spiro atoms. The van der Waals surface area contributed by atoms with Crippen molar-refractivity contribution in [2.45, 2.75) is 32.8 Å². The van der Waals surface area contributed by atoms with E-state index >= 15 is 0 Å². The molecule has 5 nitrogen and oxygen atoms in total. The molecule has 1 aromatic carbocycles. The van der Waals surface area contributed by atoms with Crippen molar-refractivity contribution >= 4 is 33.6 Å². The summed E-state index contributed by atoms with van der Waals surface area (Å²) in [6.45, 7) is 4.52. The molecule has 0 radical (unpaired) electrons. The van der Waals surface area contributed by atoms with Crippen molar-refractivity contribution in [3.8, 4) is 0 Å². The Morgan fingerprint density at radius 3 is 2.67 bits per heavy atom.